The molecule has 4 nitrogen and oxygen atoms in total. The number of hydrogen-bond donors (Lipinski definition) is 2. The number of aliphatic carboxylic acids is 1. The first-order chi connectivity index (χ1) is 4.72. The van der Waals surface area contributed by atoms with Crippen LogP contribution in [0.15, 0.2) is 0 Å². The van der Waals surface area contributed by atoms with E-state index in [9.17, 15) is 9.90 Å². The summed E-state index contributed by atoms with van der Waals surface area (Å²) in [6, 6.07) is -0.867. The largest absolute Gasteiger partial charge is 1.00 e. The number of hydrogen-bond acceptors (Lipinski definition) is 4. The van der Waals surface area contributed by atoms with Crippen LogP contribution in [-0.4, -0.2) is 29.8 Å². The van der Waals surface area contributed by atoms with Crippen molar-refractivity contribution in [3.05, 3.63) is 0 Å². The van der Waals surface area contributed by atoms with Gasteiger partial charge in [0.25, 0.3) is 0 Å². The molecule has 0 spiro atoms. The third-order valence-corrected chi connectivity index (χ3v) is 1.68. The van der Waals surface area contributed by atoms with Crippen LogP contribution in [0.5, 0.6) is 0 Å². The van der Waals surface area contributed by atoms with Gasteiger partial charge in [-0.25, -0.2) is 0 Å². The average Bonchev–Trinajstić information content (AvgIpc) is 1.88. The number of carbonyl (C=O) groups excluding carboxylic acids is 1. The molecule has 0 radical (unpaired) electrons. The fourth-order valence-electron chi connectivity index (χ4n) is 1.11. The van der Waals surface area contributed by atoms with E-state index in [0.717, 1.165) is 6.42 Å². The molecule has 0 aromatic rings. The van der Waals surface area contributed by atoms with Crippen molar-refractivity contribution < 1.29 is 44.6 Å². The van der Waals surface area contributed by atoms with Gasteiger partial charge < -0.3 is 20.3 Å². The van der Waals surface area contributed by atoms with Gasteiger partial charge in [0.15, 0.2) is 0 Å². The van der Waals surface area contributed by atoms with Crippen LogP contribution in [0.25, 0.3) is 0 Å². The van der Waals surface area contributed by atoms with Gasteiger partial charge in [-0.2, -0.15) is 0 Å². The van der Waals surface area contributed by atoms with E-state index in [0.29, 0.717) is 13.0 Å². The summed E-state index contributed by atoms with van der Waals surface area (Å²) in [6.45, 7) is 0.649. The Morgan fingerprint density at radius 1 is 1.64 bits per heavy atom. The molecule has 0 amide bonds. The van der Waals surface area contributed by atoms with Crippen LogP contribution in [0, 0.1) is 0 Å². The third-order valence-electron chi connectivity index (χ3n) is 1.68. The Hall–Kier alpha value is 0.390. The molecule has 1 saturated heterocycles. The van der Waals surface area contributed by atoms with Crippen LogP contribution < -0.4 is 40.0 Å². The summed E-state index contributed by atoms with van der Waals surface area (Å²) in [5.41, 5.74) is 0. The van der Waals surface area contributed by atoms with Crippen LogP contribution in [0.4, 0.5) is 0 Å². The van der Waals surface area contributed by atoms with Gasteiger partial charge in [-0.1, -0.05) is 0 Å². The molecule has 2 N–H and O–H groups in total. The maximum Gasteiger partial charge on any atom is 1.00 e. The van der Waals surface area contributed by atoms with Gasteiger partial charge in [0.1, 0.15) is 0 Å². The molecular weight excluding hydrogens is 157 g/mol. The molecule has 1 aliphatic rings. The average molecular weight is 167 g/mol. The second-order valence-corrected chi connectivity index (χ2v) is 2.46. The predicted octanol–water partition coefficient (Wildman–Crippen LogP) is -5.15. The van der Waals surface area contributed by atoms with Crippen LogP contribution in [0.3, 0.4) is 0 Å². The van der Waals surface area contributed by atoms with E-state index >= 15 is 0 Å². The zero-order valence-electron chi connectivity index (χ0n) is 6.54. The molecule has 0 aromatic carbocycles. The normalized spacial score (nSPS) is 30.6. The number of rotatable bonds is 1. The van der Waals surface area contributed by atoms with Gasteiger partial charge in [0, 0.05) is 0 Å². The first-order valence-electron chi connectivity index (χ1n) is 3.34. The third kappa shape index (κ3) is 3.09. The molecule has 1 rings (SSSR count). The SMILES string of the molecule is O=C([O-])[C@@H]1NCCC[C@@H]1O.[Na+]. The Labute approximate surface area is 87.3 Å². The Morgan fingerprint density at radius 2 is 2.27 bits per heavy atom. The Balaban J connectivity index is 0.000001000. The van der Waals surface area contributed by atoms with Crippen LogP contribution in [-0.2, 0) is 4.79 Å². The molecule has 0 aromatic heterocycles. The smallest absolute Gasteiger partial charge is 0.548 e. The number of piperidine rings is 1. The molecule has 0 saturated carbocycles. The van der Waals surface area contributed by atoms with Crippen LogP contribution in [0.2, 0.25) is 0 Å². The first-order valence-corrected chi connectivity index (χ1v) is 3.34. The number of nitrogens with one attached hydrogen (secondary N) is 1. The van der Waals surface area contributed by atoms with E-state index in [4.69, 9.17) is 5.11 Å². The molecule has 0 unspecified atom stereocenters. The Kier molecular flexibility index (Phi) is 5.29. The predicted molar refractivity (Wildman–Crippen MR) is 32.0 cm³/mol. The molecule has 1 fully saturated rings. The number of aliphatic hydroxyl groups is 1. The van der Waals surface area contributed by atoms with Crippen molar-refractivity contribution in [3.8, 4) is 0 Å². The van der Waals surface area contributed by atoms with E-state index in [1.807, 2.05) is 0 Å². The zero-order chi connectivity index (χ0) is 7.56. The van der Waals surface area contributed by atoms with Crippen molar-refractivity contribution in [1.82, 2.24) is 5.32 Å². The monoisotopic (exact) mass is 167 g/mol. The van der Waals surface area contributed by atoms with Gasteiger partial charge in [0.2, 0.25) is 0 Å². The summed E-state index contributed by atoms with van der Waals surface area (Å²) in [6.07, 6.45) is 0.593. The number of carbonyl (C=O) groups is 1. The topological polar surface area (TPSA) is 72.4 Å². The van der Waals surface area contributed by atoms with E-state index in [-0.39, 0.29) is 29.6 Å². The summed E-state index contributed by atoms with van der Waals surface area (Å²) >= 11 is 0. The molecule has 58 valence electrons. The summed E-state index contributed by atoms with van der Waals surface area (Å²) in [5, 5.41) is 21.9. The van der Waals surface area contributed by atoms with Crippen molar-refractivity contribution in [3.63, 3.8) is 0 Å². The van der Waals surface area contributed by atoms with Gasteiger partial charge in [0.05, 0.1) is 18.1 Å². The first kappa shape index (κ1) is 11.4. The maximum absolute atomic E-state index is 10.2. The summed E-state index contributed by atoms with van der Waals surface area (Å²) in [4.78, 5) is 10.2. The van der Waals surface area contributed by atoms with Crippen molar-refractivity contribution in [2.45, 2.75) is 25.0 Å². The fraction of sp³-hybridized carbons (Fsp3) is 0.833. The molecule has 11 heavy (non-hydrogen) atoms. The second kappa shape index (κ2) is 5.11. The number of carboxylic acids is 1. The Bertz CT molecular complexity index is 142. The summed E-state index contributed by atoms with van der Waals surface area (Å²) in [5.74, 6) is -1.22. The maximum atomic E-state index is 10.2. The minimum Gasteiger partial charge on any atom is -0.548 e. The number of aliphatic hydroxyl groups excluding tert-OH is 1. The fourth-order valence-corrected chi connectivity index (χ4v) is 1.11. The minimum atomic E-state index is -1.22. The quantitative estimate of drug-likeness (QED) is 0.383. The van der Waals surface area contributed by atoms with Crippen LogP contribution in [0.1, 0.15) is 12.8 Å². The van der Waals surface area contributed by atoms with Crippen molar-refractivity contribution in [1.29, 1.82) is 0 Å². The molecule has 1 heterocycles. The second-order valence-electron chi connectivity index (χ2n) is 2.46. The van der Waals surface area contributed by atoms with Crippen molar-refractivity contribution in [2.75, 3.05) is 6.54 Å². The standard InChI is InChI=1S/C6H11NO3.Na/c8-4-2-1-3-7-5(4)6(9)10;/h4-5,7-8H,1-3H2,(H,9,10);/q;+1/p-1/t4-,5+;/m0./s1. The van der Waals surface area contributed by atoms with Crippen LogP contribution >= 0.6 is 0 Å². The van der Waals surface area contributed by atoms with Crippen molar-refractivity contribution in [2.24, 2.45) is 0 Å². The van der Waals surface area contributed by atoms with E-state index in [1.165, 1.54) is 0 Å². The molecule has 2 atom stereocenters. The van der Waals surface area contributed by atoms with Gasteiger partial charge in [-0.3, -0.25) is 0 Å². The molecule has 0 bridgehead atoms. The van der Waals surface area contributed by atoms with Gasteiger partial charge in [-0.15, -0.1) is 0 Å². The summed E-state index contributed by atoms with van der Waals surface area (Å²) < 4.78 is 0. The van der Waals surface area contributed by atoms with Crippen molar-refractivity contribution >= 4 is 5.97 Å². The molecular formula is C6H10NNaO3. The number of carboxylic acid groups (broad SMARTS) is 1. The molecule has 1 aliphatic heterocycles. The Morgan fingerprint density at radius 3 is 2.64 bits per heavy atom. The van der Waals surface area contributed by atoms with Gasteiger partial charge in [-0.05, 0) is 19.4 Å². The van der Waals surface area contributed by atoms with E-state index in [2.05, 4.69) is 5.32 Å². The zero-order valence-corrected chi connectivity index (χ0v) is 8.54. The van der Waals surface area contributed by atoms with E-state index < -0.39 is 18.1 Å². The molecule has 5 heteroatoms. The van der Waals surface area contributed by atoms with E-state index in [1.54, 1.807) is 0 Å². The minimum absolute atomic E-state index is 0. The summed E-state index contributed by atoms with van der Waals surface area (Å²) in [7, 11) is 0. The molecule has 0 aliphatic carbocycles. The van der Waals surface area contributed by atoms with Gasteiger partial charge >= 0.3 is 29.6 Å².